The first kappa shape index (κ1) is 22.4. The zero-order valence-electron chi connectivity index (χ0n) is 18.2. The number of nitrogens with zero attached hydrogens (tertiary/aromatic N) is 2. The lowest BCUT2D eigenvalue weighted by Crippen LogP contribution is -2.30. The first-order valence-corrected chi connectivity index (χ1v) is 11.6. The molecule has 1 N–H and O–H groups in total. The van der Waals surface area contributed by atoms with Gasteiger partial charge in [0.05, 0.1) is 5.25 Å². The van der Waals surface area contributed by atoms with Crippen LogP contribution in [0.2, 0.25) is 0 Å². The van der Waals surface area contributed by atoms with Crippen molar-refractivity contribution in [3.63, 3.8) is 0 Å². The highest BCUT2D eigenvalue weighted by Gasteiger charge is 2.40. The molecule has 0 bridgehead atoms. The molecule has 1 heterocycles. The van der Waals surface area contributed by atoms with E-state index in [9.17, 15) is 14.9 Å². The fourth-order valence-corrected chi connectivity index (χ4v) is 4.95. The van der Waals surface area contributed by atoms with E-state index < -0.39 is 11.2 Å². The summed E-state index contributed by atoms with van der Waals surface area (Å²) >= 11 is 1.27. The minimum atomic E-state index is -0.529. The van der Waals surface area contributed by atoms with Crippen molar-refractivity contribution in [2.45, 2.75) is 25.0 Å². The number of rotatable bonds is 6. The maximum absolute atomic E-state index is 13.4. The topological polar surface area (TPSA) is 73.2 Å². The monoisotopic (exact) mass is 453 g/mol. The molecule has 1 aliphatic rings. The SMILES string of the molecule is CCc1ccc(NC(=O)/C(C#N)=C2/S[C@H](Cc3ccccc3)C(=O)N2c2ccccc2)cc1. The molecule has 1 saturated heterocycles. The van der Waals surface area contributed by atoms with Crippen LogP contribution in [-0.4, -0.2) is 17.1 Å². The molecule has 0 unspecified atom stereocenters. The number of carbonyl (C=O) groups is 2. The van der Waals surface area contributed by atoms with Gasteiger partial charge < -0.3 is 5.32 Å². The van der Waals surface area contributed by atoms with E-state index in [1.807, 2.05) is 78.9 Å². The van der Waals surface area contributed by atoms with E-state index in [-0.39, 0.29) is 11.5 Å². The summed E-state index contributed by atoms with van der Waals surface area (Å²) in [5.74, 6) is -0.670. The number of para-hydroxylation sites is 1. The lowest BCUT2D eigenvalue weighted by Gasteiger charge is -2.18. The normalized spacial score (nSPS) is 16.9. The quantitative estimate of drug-likeness (QED) is 0.405. The summed E-state index contributed by atoms with van der Waals surface area (Å²) in [5, 5.41) is 12.7. The molecule has 33 heavy (non-hydrogen) atoms. The van der Waals surface area contributed by atoms with Crippen LogP contribution in [0.4, 0.5) is 11.4 Å². The molecule has 164 valence electrons. The number of carbonyl (C=O) groups excluding carboxylic acids is 2. The smallest absolute Gasteiger partial charge is 0.269 e. The molecular formula is C27H23N3O2S. The minimum absolute atomic E-state index is 0.0765. The highest BCUT2D eigenvalue weighted by atomic mass is 32.2. The van der Waals surface area contributed by atoms with Crippen LogP contribution in [-0.2, 0) is 22.4 Å². The summed E-state index contributed by atoms with van der Waals surface area (Å²) in [6.07, 6.45) is 1.41. The molecule has 6 heteroatoms. The van der Waals surface area contributed by atoms with Crippen molar-refractivity contribution in [1.29, 1.82) is 5.26 Å². The lowest BCUT2D eigenvalue weighted by atomic mass is 10.1. The van der Waals surface area contributed by atoms with Crippen molar-refractivity contribution in [2.75, 3.05) is 10.2 Å². The number of thioether (sulfide) groups is 1. The van der Waals surface area contributed by atoms with E-state index in [2.05, 4.69) is 12.2 Å². The summed E-state index contributed by atoms with van der Waals surface area (Å²) in [5.41, 5.74) is 3.34. The van der Waals surface area contributed by atoms with Gasteiger partial charge in [-0.15, -0.1) is 0 Å². The van der Waals surface area contributed by atoms with E-state index in [1.54, 1.807) is 12.1 Å². The molecule has 1 atom stereocenters. The Balaban J connectivity index is 1.68. The van der Waals surface area contributed by atoms with Crippen molar-refractivity contribution >= 4 is 35.0 Å². The van der Waals surface area contributed by atoms with E-state index >= 15 is 0 Å². The summed E-state index contributed by atoms with van der Waals surface area (Å²) in [6.45, 7) is 2.06. The number of hydrogen-bond acceptors (Lipinski definition) is 4. The molecule has 0 aromatic heterocycles. The van der Waals surface area contributed by atoms with Crippen molar-refractivity contribution in [3.8, 4) is 6.07 Å². The van der Waals surface area contributed by atoms with Crippen LogP contribution in [0, 0.1) is 11.3 Å². The van der Waals surface area contributed by atoms with Crippen molar-refractivity contribution in [1.82, 2.24) is 0 Å². The largest absolute Gasteiger partial charge is 0.321 e. The van der Waals surface area contributed by atoms with Gasteiger partial charge in [-0.1, -0.05) is 79.3 Å². The fourth-order valence-electron chi connectivity index (χ4n) is 3.64. The second kappa shape index (κ2) is 10.2. The van der Waals surface area contributed by atoms with E-state index in [1.165, 1.54) is 16.7 Å². The Hall–Kier alpha value is -3.82. The van der Waals surface area contributed by atoms with Crippen molar-refractivity contribution in [2.24, 2.45) is 0 Å². The molecule has 2 amide bonds. The predicted octanol–water partition coefficient (Wildman–Crippen LogP) is 5.31. The van der Waals surface area contributed by atoms with Gasteiger partial charge in [0, 0.05) is 11.4 Å². The molecule has 3 aromatic rings. The standard InChI is InChI=1S/C27H23N3O2S/c1-2-19-13-15-21(16-14-19)29-25(31)23(18-28)27-30(22-11-7-4-8-12-22)26(32)24(33-27)17-20-9-5-3-6-10-20/h3-16,24H,2,17H2,1H3,(H,29,31)/b27-23+/t24-/m1/s1. The van der Waals surface area contributed by atoms with Gasteiger partial charge in [0.25, 0.3) is 5.91 Å². The van der Waals surface area contributed by atoms with E-state index in [0.29, 0.717) is 22.8 Å². The molecular weight excluding hydrogens is 430 g/mol. The van der Waals surface area contributed by atoms with Gasteiger partial charge in [-0.2, -0.15) is 5.26 Å². The fraction of sp³-hybridized carbons (Fsp3) is 0.148. The van der Waals surface area contributed by atoms with E-state index in [4.69, 9.17) is 0 Å². The Kier molecular flexibility index (Phi) is 6.92. The highest BCUT2D eigenvalue weighted by Crippen LogP contribution is 2.42. The van der Waals surface area contributed by atoms with Gasteiger partial charge in [-0.3, -0.25) is 14.5 Å². The number of aryl methyl sites for hydroxylation is 1. The molecule has 0 spiro atoms. The first-order chi connectivity index (χ1) is 16.1. The summed E-state index contributed by atoms with van der Waals surface area (Å²) in [4.78, 5) is 28.0. The van der Waals surface area contributed by atoms with Crippen molar-refractivity contribution < 1.29 is 9.59 Å². The molecule has 5 nitrogen and oxygen atoms in total. The van der Waals surface area contributed by atoms with Gasteiger partial charge >= 0.3 is 0 Å². The van der Waals surface area contributed by atoms with Crippen LogP contribution in [0.5, 0.6) is 0 Å². The number of anilines is 2. The average Bonchev–Trinajstić information content (AvgIpc) is 3.16. The zero-order chi connectivity index (χ0) is 23.2. The molecule has 3 aromatic carbocycles. The zero-order valence-corrected chi connectivity index (χ0v) is 19.0. The van der Waals surface area contributed by atoms with Gasteiger partial charge in [0.15, 0.2) is 0 Å². The first-order valence-electron chi connectivity index (χ1n) is 10.7. The predicted molar refractivity (Wildman–Crippen MR) is 133 cm³/mol. The average molecular weight is 454 g/mol. The molecule has 0 radical (unpaired) electrons. The van der Waals surface area contributed by atoms with Crippen molar-refractivity contribution in [3.05, 3.63) is 107 Å². The van der Waals surface area contributed by atoms with Crippen LogP contribution in [0.1, 0.15) is 18.1 Å². The number of nitriles is 1. The number of amides is 2. The Morgan fingerprint density at radius 2 is 1.61 bits per heavy atom. The number of nitrogens with one attached hydrogen (secondary N) is 1. The molecule has 1 aliphatic heterocycles. The number of hydrogen-bond donors (Lipinski definition) is 1. The highest BCUT2D eigenvalue weighted by molar-refractivity contribution is 8.05. The Labute approximate surface area is 197 Å². The molecule has 0 saturated carbocycles. The molecule has 0 aliphatic carbocycles. The van der Waals surface area contributed by atoms with Gasteiger partial charge in [0.2, 0.25) is 5.91 Å². The molecule has 1 fully saturated rings. The van der Waals surface area contributed by atoms with Gasteiger partial charge in [0.1, 0.15) is 16.7 Å². The lowest BCUT2D eigenvalue weighted by molar-refractivity contribution is -0.117. The third-order valence-corrected chi connectivity index (χ3v) is 6.67. The van der Waals surface area contributed by atoms with Crippen LogP contribution < -0.4 is 10.2 Å². The van der Waals surface area contributed by atoms with Crippen LogP contribution in [0.3, 0.4) is 0 Å². The van der Waals surface area contributed by atoms with Gasteiger partial charge in [-0.25, -0.2) is 0 Å². The maximum atomic E-state index is 13.4. The van der Waals surface area contributed by atoms with Gasteiger partial charge in [-0.05, 0) is 48.2 Å². The Morgan fingerprint density at radius 1 is 0.970 bits per heavy atom. The third-order valence-electron chi connectivity index (χ3n) is 5.40. The second-order valence-corrected chi connectivity index (χ2v) is 8.79. The minimum Gasteiger partial charge on any atom is -0.321 e. The van der Waals surface area contributed by atoms with Crippen LogP contribution >= 0.6 is 11.8 Å². The molecule has 4 rings (SSSR count). The van der Waals surface area contributed by atoms with E-state index in [0.717, 1.165) is 17.5 Å². The maximum Gasteiger partial charge on any atom is 0.269 e. The summed E-state index contributed by atoms with van der Waals surface area (Å²) < 4.78 is 0. The number of benzene rings is 3. The summed E-state index contributed by atoms with van der Waals surface area (Å²) in [7, 11) is 0. The third kappa shape index (κ3) is 5.00. The Bertz CT molecular complexity index is 1220. The second-order valence-electron chi connectivity index (χ2n) is 7.60. The van der Waals surface area contributed by atoms with Crippen LogP contribution in [0.15, 0.2) is 95.5 Å². The summed E-state index contributed by atoms with van der Waals surface area (Å²) in [6, 6.07) is 28.4. The van der Waals surface area contributed by atoms with Crippen LogP contribution in [0.25, 0.3) is 0 Å². The Morgan fingerprint density at radius 3 is 2.21 bits per heavy atom.